The Kier molecular flexibility index (Phi) is 8.15. The van der Waals surface area contributed by atoms with E-state index in [0.29, 0.717) is 40.5 Å². The van der Waals surface area contributed by atoms with Crippen molar-refractivity contribution in [3.63, 3.8) is 0 Å². The maximum Gasteiger partial charge on any atom is 0.212 e. The molecule has 0 aromatic heterocycles. The highest BCUT2D eigenvalue weighted by Gasteiger charge is 2.17. The van der Waals surface area contributed by atoms with Crippen LogP contribution >= 0.6 is 11.8 Å². The topological polar surface area (TPSA) is 62.7 Å². The van der Waals surface area contributed by atoms with Crippen molar-refractivity contribution in [2.24, 2.45) is 4.99 Å². The lowest BCUT2D eigenvalue weighted by molar-refractivity contribution is -0.108. The third-order valence-corrected chi connectivity index (χ3v) is 6.85. The summed E-state index contributed by atoms with van der Waals surface area (Å²) in [5.41, 5.74) is 3.09. The second-order valence-corrected chi connectivity index (χ2v) is 8.77. The zero-order valence-corrected chi connectivity index (χ0v) is 17.3. The fraction of sp³-hybridized carbons (Fsp3) is 0.619. The maximum absolute atomic E-state index is 13.6. The Hall–Kier alpha value is -1.60. The van der Waals surface area contributed by atoms with Crippen LogP contribution in [0.25, 0.3) is 0 Å². The van der Waals surface area contributed by atoms with E-state index in [1.807, 2.05) is 19.1 Å². The number of hydrogen-bond acceptors (Lipinski definition) is 5. The second kappa shape index (κ2) is 10.8. The van der Waals surface area contributed by atoms with Gasteiger partial charge in [-0.15, -0.1) is 0 Å². The lowest BCUT2D eigenvalue weighted by Gasteiger charge is -2.21. The normalized spacial score (nSPS) is 19.0. The van der Waals surface area contributed by atoms with E-state index in [0.717, 1.165) is 50.1 Å². The molecule has 1 amide bonds. The standard InChI is InChI=1S/C21H30FN3O2S/c1-15-16(12-22)10-18(24-17-4-2-3-5-17)11-20(15)25-21(23-14-26)13-28-19-6-8-27-9-7-19/h10-11,14,17,19,24H,2-9,12-13H2,1H3,(H,23,25,26). The van der Waals surface area contributed by atoms with Gasteiger partial charge in [0.25, 0.3) is 0 Å². The van der Waals surface area contributed by atoms with Gasteiger partial charge in [0.1, 0.15) is 12.5 Å². The number of nitrogens with one attached hydrogen (secondary N) is 2. The molecule has 1 aromatic rings. The van der Waals surface area contributed by atoms with Crippen molar-refractivity contribution in [1.29, 1.82) is 0 Å². The van der Waals surface area contributed by atoms with Gasteiger partial charge in [0.2, 0.25) is 6.41 Å². The summed E-state index contributed by atoms with van der Waals surface area (Å²) in [4.78, 5) is 15.8. The Labute approximate surface area is 170 Å². The summed E-state index contributed by atoms with van der Waals surface area (Å²) < 4.78 is 19.0. The van der Waals surface area contributed by atoms with Crippen LogP contribution in [0.4, 0.5) is 15.8 Å². The van der Waals surface area contributed by atoms with Crippen molar-refractivity contribution in [3.8, 4) is 0 Å². The van der Waals surface area contributed by atoms with Gasteiger partial charge in [-0.25, -0.2) is 9.38 Å². The quantitative estimate of drug-likeness (QED) is 0.378. The number of alkyl halides is 1. The number of halogens is 1. The third-order valence-electron chi connectivity index (χ3n) is 5.46. The average molecular weight is 408 g/mol. The maximum atomic E-state index is 13.6. The molecule has 1 saturated heterocycles. The van der Waals surface area contributed by atoms with Gasteiger partial charge in [-0.05, 0) is 55.9 Å². The van der Waals surface area contributed by atoms with Crippen molar-refractivity contribution < 1.29 is 13.9 Å². The predicted molar refractivity (Wildman–Crippen MR) is 114 cm³/mol. The number of anilines is 1. The van der Waals surface area contributed by atoms with Gasteiger partial charge < -0.3 is 15.4 Å². The summed E-state index contributed by atoms with van der Waals surface area (Å²) >= 11 is 1.79. The zero-order chi connectivity index (χ0) is 19.8. The zero-order valence-electron chi connectivity index (χ0n) is 16.5. The van der Waals surface area contributed by atoms with Gasteiger partial charge in [-0.1, -0.05) is 12.8 Å². The molecule has 1 aliphatic heterocycles. The number of amidine groups is 1. The third kappa shape index (κ3) is 5.95. The van der Waals surface area contributed by atoms with Crippen LogP contribution < -0.4 is 10.6 Å². The van der Waals surface area contributed by atoms with Crippen LogP contribution in [0.2, 0.25) is 0 Å². The Balaban J connectivity index is 1.77. The SMILES string of the molecule is Cc1c(CF)cc(NC2CCCC2)cc1N=C(CSC1CCOCC1)NC=O. The molecule has 3 rings (SSSR count). The van der Waals surface area contributed by atoms with E-state index in [2.05, 4.69) is 10.6 Å². The highest BCUT2D eigenvalue weighted by Crippen LogP contribution is 2.31. The summed E-state index contributed by atoms with van der Waals surface area (Å²) in [6, 6.07) is 4.30. The van der Waals surface area contributed by atoms with Gasteiger partial charge >= 0.3 is 0 Å². The van der Waals surface area contributed by atoms with Crippen molar-refractivity contribution in [1.82, 2.24) is 5.32 Å². The van der Waals surface area contributed by atoms with Gasteiger partial charge in [0, 0.05) is 30.2 Å². The van der Waals surface area contributed by atoms with Crippen molar-refractivity contribution in [2.75, 3.05) is 24.3 Å². The molecule has 0 radical (unpaired) electrons. The summed E-state index contributed by atoms with van der Waals surface area (Å²) in [5.74, 6) is 1.23. The largest absolute Gasteiger partial charge is 0.382 e. The van der Waals surface area contributed by atoms with E-state index in [1.54, 1.807) is 11.8 Å². The molecule has 1 aliphatic carbocycles. The molecule has 1 aromatic carbocycles. The van der Waals surface area contributed by atoms with E-state index < -0.39 is 6.67 Å². The molecule has 2 fully saturated rings. The summed E-state index contributed by atoms with van der Waals surface area (Å²) in [6.07, 6.45) is 7.47. The number of benzene rings is 1. The predicted octanol–water partition coefficient (Wildman–Crippen LogP) is 4.51. The number of hydrogen-bond donors (Lipinski definition) is 2. The number of nitrogens with zero attached hydrogens (tertiary/aromatic N) is 1. The highest BCUT2D eigenvalue weighted by molar-refractivity contribution is 8.00. The van der Waals surface area contributed by atoms with Gasteiger partial charge in [0.05, 0.1) is 11.4 Å². The van der Waals surface area contributed by atoms with Crippen LogP contribution in [0.15, 0.2) is 17.1 Å². The van der Waals surface area contributed by atoms with E-state index in [9.17, 15) is 9.18 Å². The highest BCUT2D eigenvalue weighted by atomic mass is 32.2. The molecule has 0 unspecified atom stereocenters. The molecule has 2 aliphatic rings. The van der Waals surface area contributed by atoms with Gasteiger partial charge in [0.15, 0.2) is 0 Å². The minimum atomic E-state index is -0.526. The molecule has 0 spiro atoms. The molecule has 1 heterocycles. The van der Waals surface area contributed by atoms with Crippen molar-refractivity contribution in [2.45, 2.75) is 63.4 Å². The van der Waals surface area contributed by atoms with Crippen molar-refractivity contribution >= 4 is 35.4 Å². The van der Waals surface area contributed by atoms with Crippen LogP contribution in [0.3, 0.4) is 0 Å². The minimum absolute atomic E-state index is 0.448. The fourth-order valence-electron chi connectivity index (χ4n) is 3.76. The number of rotatable bonds is 8. The van der Waals surface area contributed by atoms with E-state index >= 15 is 0 Å². The Morgan fingerprint density at radius 3 is 2.71 bits per heavy atom. The number of carbonyl (C=O) groups is 1. The van der Waals surface area contributed by atoms with Crippen LogP contribution in [0, 0.1) is 6.92 Å². The smallest absolute Gasteiger partial charge is 0.212 e. The first kappa shape index (κ1) is 21.1. The van der Waals surface area contributed by atoms with Crippen LogP contribution in [-0.2, 0) is 16.2 Å². The first-order valence-corrected chi connectivity index (χ1v) is 11.2. The molecular formula is C21H30FN3O2S. The summed E-state index contributed by atoms with van der Waals surface area (Å²) in [5, 5.41) is 6.78. The lowest BCUT2D eigenvalue weighted by atomic mass is 10.1. The van der Waals surface area contributed by atoms with Crippen molar-refractivity contribution in [3.05, 3.63) is 23.3 Å². The molecule has 2 N–H and O–H groups in total. The number of aliphatic imine (C=N–C) groups is 1. The molecule has 154 valence electrons. The molecule has 1 saturated carbocycles. The monoisotopic (exact) mass is 407 g/mol. The molecule has 0 atom stereocenters. The minimum Gasteiger partial charge on any atom is -0.382 e. The van der Waals surface area contributed by atoms with Crippen LogP contribution in [0.5, 0.6) is 0 Å². The number of ether oxygens (including phenoxy) is 1. The summed E-state index contributed by atoms with van der Waals surface area (Å²) in [7, 11) is 0. The van der Waals surface area contributed by atoms with E-state index in [1.165, 1.54) is 12.8 Å². The molecule has 0 bridgehead atoms. The Morgan fingerprint density at radius 1 is 1.29 bits per heavy atom. The van der Waals surface area contributed by atoms with Gasteiger partial charge in [-0.2, -0.15) is 11.8 Å². The number of thioether (sulfide) groups is 1. The molecule has 28 heavy (non-hydrogen) atoms. The van der Waals surface area contributed by atoms with E-state index in [4.69, 9.17) is 9.73 Å². The molecule has 7 heteroatoms. The molecule has 5 nitrogen and oxygen atoms in total. The molecular weight excluding hydrogens is 377 g/mol. The average Bonchev–Trinajstić information content (AvgIpc) is 3.22. The fourth-order valence-corrected chi connectivity index (χ4v) is 4.83. The Bertz CT molecular complexity index is 686. The number of carbonyl (C=O) groups excluding carboxylic acids is 1. The van der Waals surface area contributed by atoms with E-state index in [-0.39, 0.29) is 0 Å². The van der Waals surface area contributed by atoms with Gasteiger partial charge in [-0.3, -0.25) is 4.79 Å². The van der Waals surface area contributed by atoms with Crippen LogP contribution in [0.1, 0.15) is 49.7 Å². The van der Waals surface area contributed by atoms with Crippen LogP contribution in [-0.4, -0.2) is 42.5 Å². The second-order valence-electron chi connectivity index (χ2n) is 7.48. The summed E-state index contributed by atoms with van der Waals surface area (Å²) in [6.45, 7) is 2.94. The first-order valence-electron chi connectivity index (χ1n) is 10.1. The first-order chi connectivity index (χ1) is 13.7. The number of amides is 1. The lowest BCUT2D eigenvalue weighted by Crippen LogP contribution is -2.26. The Morgan fingerprint density at radius 2 is 2.04 bits per heavy atom.